The minimum atomic E-state index is -0.691. The van der Waals surface area contributed by atoms with Gasteiger partial charge in [-0.15, -0.1) is 11.3 Å². The van der Waals surface area contributed by atoms with Crippen LogP contribution in [-0.4, -0.2) is 25.0 Å². The minimum Gasteiger partial charge on any atom is -0.467 e. The van der Waals surface area contributed by atoms with Crippen LogP contribution in [0.25, 0.3) is 10.1 Å². The number of carbonyl (C=O) groups excluding carboxylic acids is 2. The van der Waals surface area contributed by atoms with E-state index in [1.54, 1.807) is 0 Å². The number of methoxy groups -OCH3 is 1. The Labute approximate surface area is 132 Å². The lowest BCUT2D eigenvalue weighted by molar-refractivity contribution is -0.144. The summed E-state index contributed by atoms with van der Waals surface area (Å²) in [4.78, 5) is 24.5. The highest BCUT2D eigenvalue weighted by atomic mass is 35.5. The lowest BCUT2D eigenvalue weighted by Gasteiger charge is -2.19. The van der Waals surface area contributed by atoms with Gasteiger partial charge in [-0.3, -0.25) is 4.79 Å². The molecule has 1 atom stereocenters. The van der Waals surface area contributed by atoms with Gasteiger partial charge in [0.15, 0.2) is 0 Å². The molecule has 0 radical (unpaired) electrons. The van der Waals surface area contributed by atoms with Crippen LogP contribution in [-0.2, 0) is 9.53 Å². The maximum atomic E-state index is 12.4. The zero-order valence-electron chi connectivity index (χ0n) is 12.0. The fourth-order valence-electron chi connectivity index (χ4n) is 1.99. The van der Waals surface area contributed by atoms with Crippen molar-refractivity contribution in [3.8, 4) is 0 Å². The third kappa shape index (κ3) is 3.19. The van der Waals surface area contributed by atoms with Crippen LogP contribution in [0.15, 0.2) is 24.3 Å². The summed E-state index contributed by atoms with van der Waals surface area (Å²) in [5.41, 5.74) is 0. The van der Waals surface area contributed by atoms with E-state index in [9.17, 15) is 9.59 Å². The number of rotatable bonds is 4. The van der Waals surface area contributed by atoms with E-state index in [1.165, 1.54) is 18.4 Å². The van der Waals surface area contributed by atoms with Crippen molar-refractivity contribution in [2.24, 2.45) is 5.92 Å². The SMILES string of the molecule is COC(=O)[C@@H](NC(=O)c1sc2ccccc2c1Cl)C(C)C. The van der Waals surface area contributed by atoms with Gasteiger partial charge in [0.2, 0.25) is 0 Å². The quantitative estimate of drug-likeness (QED) is 0.876. The highest BCUT2D eigenvalue weighted by molar-refractivity contribution is 7.21. The monoisotopic (exact) mass is 325 g/mol. The van der Waals surface area contributed by atoms with E-state index < -0.39 is 12.0 Å². The molecule has 2 aromatic rings. The molecule has 4 nitrogen and oxygen atoms in total. The summed E-state index contributed by atoms with van der Waals surface area (Å²) in [6, 6.07) is 6.84. The lowest BCUT2D eigenvalue weighted by atomic mass is 10.0. The van der Waals surface area contributed by atoms with E-state index in [-0.39, 0.29) is 11.8 Å². The molecule has 0 spiro atoms. The Morgan fingerprint density at radius 1 is 1.29 bits per heavy atom. The molecule has 6 heteroatoms. The van der Waals surface area contributed by atoms with Crippen LogP contribution in [0.4, 0.5) is 0 Å². The molecule has 1 aromatic carbocycles. The van der Waals surface area contributed by atoms with Gasteiger partial charge in [0, 0.05) is 10.1 Å². The van der Waals surface area contributed by atoms with Crippen LogP contribution >= 0.6 is 22.9 Å². The number of amides is 1. The van der Waals surface area contributed by atoms with E-state index in [0.717, 1.165) is 10.1 Å². The molecule has 0 aliphatic carbocycles. The van der Waals surface area contributed by atoms with Gasteiger partial charge in [-0.05, 0) is 12.0 Å². The molecular weight excluding hydrogens is 310 g/mol. The number of esters is 1. The normalized spacial score (nSPS) is 12.4. The standard InChI is InChI=1S/C15H16ClNO3S/c1-8(2)12(15(19)20-3)17-14(18)13-11(16)9-6-4-5-7-10(9)21-13/h4-8,12H,1-3H3,(H,17,18)/t12-/m0/s1. The third-order valence-corrected chi connectivity index (χ3v) is 4.82. The van der Waals surface area contributed by atoms with Crippen molar-refractivity contribution < 1.29 is 14.3 Å². The van der Waals surface area contributed by atoms with Crippen molar-refractivity contribution in [3.63, 3.8) is 0 Å². The molecule has 1 aromatic heterocycles. The first-order valence-electron chi connectivity index (χ1n) is 6.51. The zero-order chi connectivity index (χ0) is 15.6. The summed E-state index contributed by atoms with van der Waals surface area (Å²) in [7, 11) is 1.30. The minimum absolute atomic E-state index is 0.0745. The molecule has 0 fully saturated rings. The zero-order valence-corrected chi connectivity index (χ0v) is 13.5. The number of ether oxygens (including phenoxy) is 1. The molecule has 1 heterocycles. The number of hydrogen-bond donors (Lipinski definition) is 1. The van der Waals surface area contributed by atoms with Crippen LogP contribution in [0.2, 0.25) is 5.02 Å². The van der Waals surface area contributed by atoms with Gasteiger partial charge >= 0.3 is 5.97 Å². The summed E-state index contributed by atoms with van der Waals surface area (Å²) in [6.07, 6.45) is 0. The van der Waals surface area contributed by atoms with Crippen molar-refractivity contribution in [2.45, 2.75) is 19.9 Å². The summed E-state index contributed by atoms with van der Waals surface area (Å²) in [6.45, 7) is 3.68. The molecule has 0 saturated heterocycles. The van der Waals surface area contributed by atoms with Crippen LogP contribution in [0.1, 0.15) is 23.5 Å². The lowest BCUT2D eigenvalue weighted by Crippen LogP contribution is -2.44. The summed E-state index contributed by atoms with van der Waals surface area (Å²) < 4.78 is 5.65. The predicted molar refractivity (Wildman–Crippen MR) is 84.9 cm³/mol. The molecule has 0 unspecified atom stereocenters. The van der Waals surface area contributed by atoms with Crippen LogP contribution in [0.5, 0.6) is 0 Å². The maximum absolute atomic E-state index is 12.4. The number of fused-ring (bicyclic) bond motifs is 1. The second-order valence-electron chi connectivity index (χ2n) is 4.96. The summed E-state index contributed by atoms with van der Waals surface area (Å²) in [5, 5.41) is 3.96. The molecular formula is C15H16ClNO3S. The number of hydrogen-bond acceptors (Lipinski definition) is 4. The number of benzene rings is 1. The molecule has 1 N–H and O–H groups in total. The first kappa shape index (κ1) is 15.8. The van der Waals surface area contributed by atoms with Crippen molar-refractivity contribution in [1.29, 1.82) is 0 Å². The number of nitrogens with one attached hydrogen (secondary N) is 1. The van der Waals surface area contributed by atoms with Crippen molar-refractivity contribution in [3.05, 3.63) is 34.2 Å². The molecule has 1 amide bonds. The van der Waals surface area contributed by atoms with Gasteiger partial charge in [-0.2, -0.15) is 0 Å². The predicted octanol–water partition coefficient (Wildman–Crippen LogP) is 3.48. The topological polar surface area (TPSA) is 55.4 Å². The van der Waals surface area contributed by atoms with E-state index >= 15 is 0 Å². The fourth-order valence-corrected chi connectivity index (χ4v) is 3.41. The van der Waals surface area contributed by atoms with Gasteiger partial charge in [0.25, 0.3) is 5.91 Å². The molecule has 2 rings (SSSR count). The third-order valence-electron chi connectivity index (χ3n) is 3.15. The fraction of sp³-hybridized carbons (Fsp3) is 0.333. The first-order valence-corrected chi connectivity index (χ1v) is 7.71. The van der Waals surface area contributed by atoms with Crippen molar-refractivity contribution in [2.75, 3.05) is 7.11 Å². The van der Waals surface area contributed by atoms with Crippen molar-refractivity contribution >= 4 is 44.9 Å². The van der Waals surface area contributed by atoms with Crippen molar-refractivity contribution in [1.82, 2.24) is 5.32 Å². The number of carbonyl (C=O) groups is 2. The molecule has 0 saturated carbocycles. The van der Waals surface area contributed by atoms with Gasteiger partial charge in [0.05, 0.1) is 12.1 Å². The first-order chi connectivity index (χ1) is 9.95. The van der Waals surface area contributed by atoms with E-state index in [0.29, 0.717) is 9.90 Å². The van der Waals surface area contributed by atoms with E-state index in [1.807, 2.05) is 38.1 Å². The second kappa shape index (κ2) is 6.45. The maximum Gasteiger partial charge on any atom is 0.328 e. The molecule has 112 valence electrons. The molecule has 21 heavy (non-hydrogen) atoms. The molecule has 0 aliphatic heterocycles. The Hall–Kier alpha value is -1.59. The van der Waals surface area contributed by atoms with Crippen LogP contribution in [0, 0.1) is 5.92 Å². The number of thiophene rings is 1. The van der Waals surface area contributed by atoms with E-state index in [4.69, 9.17) is 16.3 Å². The van der Waals surface area contributed by atoms with Gasteiger partial charge in [0.1, 0.15) is 10.9 Å². The summed E-state index contributed by atoms with van der Waals surface area (Å²) >= 11 is 7.57. The smallest absolute Gasteiger partial charge is 0.328 e. The highest BCUT2D eigenvalue weighted by Gasteiger charge is 2.27. The molecule has 0 aliphatic rings. The van der Waals surface area contributed by atoms with Gasteiger partial charge in [-0.1, -0.05) is 43.6 Å². The Morgan fingerprint density at radius 3 is 2.52 bits per heavy atom. The summed E-state index contributed by atoms with van der Waals surface area (Å²) in [5.74, 6) is -0.893. The highest BCUT2D eigenvalue weighted by Crippen LogP contribution is 2.35. The second-order valence-corrected chi connectivity index (χ2v) is 6.39. The van der Waals surface area contributed by atoms with Crippen LogP contribution < -0.4 is 5.32 Å². The van der Waals surface area contributed by atoms with Gasteiger partial charge in [-0.25, -0.2) is 4.79 Å². The van der Waals surface area contributed by atoms with Gasteiger partial charge < -0.3 is 10.1 Å². The average molecular weight is 326 g/mol. The van der Waals surface area contributed by atoms with Crippen LogP contribution in [0.3, 0.4) is 0 Å². The molecule has 0 bridgehead atoms. The Balaban J connectivity index is 2.29. The van der Waals surface area contributed by atoms with E-state index in [2.05, 4.69) is 5.32 Å². The largest absolute Gasteiger partial charge is 0.467 e. The Kier molecular flexibility index (Phi) is 4.85. The Bertz CT molecular complexity index is 681. The Morgan fingerprint density at radius 2 is 1.95 bits per heavy atom. The number of halogens is 1. The average Bonchev–Trinajstić information content (AvgIpc) is 2.81.